The van der Waals surface area contributed by atoms with Crippen LogP contribution in [0, 0.1) is 6.92 Å². The predicted octanol–water partition coefficient (Wildman–Crippen LogP) is 1.46. The van der Waals surface area contributed by atoms with Crippen molar-refractivity contribution in [3.8, 4) is 0 Å². The molecule has 2 rings (SSSR count). The standard InChI is InChI=1S/C12H13N3O2/c1-8-10(6-13-15-8)12(17)14-11-5-3-2-4-9(11)7-16/h2-6,16H,7H2,1H3,(H,13,15)(H,14,17). The van der Waals surface area contributed by atoms with Crippen LogP contribution in [0.15, 0.2) is 30.5 Å². The number of nitrogens with one attached hydrogen (secondary N) is 2. The molecule has 0 fully saturated rings. The molecule has 0 aliphatic heterocycles. The molecule has 0 radical (unpaired) electrons. The number of anilines is 1. The summed E-state index contributed by atoms with van der Waals surface area (Å²) in [6.07, 6.45) is 1.48. The van der Waals surface area contributed by atoms with Crippen molar-refractivity contribution >= 4 is 11.6 Å². The van der Waals surface area contributed by atoms with E-state index in [0.29, 0.717) is 22.5 Å². The summed E-state index contributed by atoms with van der Waals surface area (Å²) in [6, 6.07) is 7.12. The number of amides is 1. The second kappa shape index (κ2) is 4.80. The zero-order chi connectivity index (χ0) is 12.3. The summed E-state index contributed by atoms with van der Waals surface area (Å²) in [5.74, 6) is -0.239. The van der Waals surface area contributed by atoms with Crippen LogP contribution >= 0.6 is 0 Å². The van der Waals surface area contributed by atoms with Crippen molar-refractivity contribution in [1.29, 1.82) is 0 Å². The molecule has 2 aromatic rings. The minimum absolute atomic E-state index is 0.110. The zero-order valence-corrected chi connectivity index (χ0v) is 9.40. The maximum atomic E-state index is 11.9. The van der Waals surface area contributed by atoms with E-state index >= 15 is 0 Å². The molecule has 0 bridgehead atoms. The van der Waals surface area contributed by atoms with Gasteiger partial charge in [-0.3, -0.25) is 9.89 Å². The molecule has 0 saturated carbocycles. The van der Waals surface area contributed by atoms with Crippen molar-refractivity contribution in [2.24, 2.45) is 0 Å². The van der Waals surface area contributed by atoms with Crippen molar-refractivity contribution in [3.63, 3.8) is 0 Å². The number of rotatable bonds is 3. The van der Waals surface area contributed by atoms with Gasteiger partial charge in [0.25, 0.3) is 5.91 Å². The number of H-pyrrole nitrogens is 1. The molecule has 3 N–H and O–H groups in total. The van der Waals surface area contributed by atoms with Gasteiger partial charge in [-0.25, -0.2) is 0 Å². The van der Waals surface area contributed by atoms with E-state index in [1.54, 1.807) is 25.1 Å². The van der Waals surface area contributed by atoms with Crippen molar-refractivity contribution in [2.75, 3.05) is 5.32 Å². The molecule has 88 valence electrons. The first-order valence-corrected chi connectivity index (χ1v) is 5.22. The molecule has 1 aromatic carbocycles. The van der Waals surface area contributed by atoms with Gasteiger partial charge in [0.05, 0.1) is 18.4 Å². The van der Waals surface area contributed by atoms with Gasteiger partial charge in [-0.15, -0.1) is 0 Å². The number of carbonyl (C=O) groups excluding carboxylic acids is 1. The highest BCUT2D eigenvalue weighted by atomic mass is 16.3. The van der Waals surface area contributed by atoms with E-state index in [2.05, 4.69) is 15.5 Å². The number of aromatic nitrogens is 2. The Kier molecular flexibility index (Phi) is 3.20. The molecule has 0 aliphatic carbocycles. The molecule has 0 atom stereocenters. The average Bonchev–Trinajstić information content (AvgIpc) is 2.76. The smallest absolute Gasteiger partial charge is 0.259 e. The van der Waals surface area contributed by atoms with Crippen LogP contribution in [0.2, 0.25) is 0 Å². The van der Waals surface area contributed by atoms with Crippen molar-refractivity contribution in [1.82, 2.24) is 10.2 Å². The summed E-state index contributed by atoms with van der Waals surface area (Å²) in [6.45, 7) is 1.67. The number of para-hydroxylation sites is 1. The first kappa shape index (κ1) is 11.3. The van der Waals surface area contributed by atoms with Crippen LogP contribution in [0.3, 0.4) is 0 Å². The minimum atomic E-state index is -0.239. The highest BCUT2D eigenvalue weighted by molar-refractivity contribution is 6.05. The maximum absolute atomic E-state index is 11.9. The molecule has 1 amide bonds. The Balaban J connectivity index is 2.22. The molecule has 1 heterocycles. The fourth-order valence-electron chi connectivity index (χ4n) is 1.55. The van der Waals surface area contributed by atoms with E-state index in [1.165, 1.54) is 6.20 Å². The number of aliphatic hydroxyl groups is 1. The first-order valence-electron chi connectivity index (χ1n) is 5.22. The van der Waals surface area contributed by atoms with Gasteiger partial charge in [0.15, 0.2) is 0 Å². The lowest BCUT2D eigenvalue weighted by Crippen LogP contribution is -2.13. The van der Waals surface area contributed by atoms with E-state index in [-0.39, 0.29) is 12.5 Å². The quantitative estimate of drug-likeness (QED) is 0.748. The maximum Gasteiger partial charge on any atom is 0.259 e. The Hall–Kier alpha value is -2.14. The summed E-state index contributed by atoms with van der Waals surface area (Å²) < 4.78 is 0. The molecule has 0 saturated heterocycles. The van der Waals surface area contributed by atoms with Gasteiger partial charge in [0.1, 0.15) is 0 Å². The number of nitrogens with zero attached hydrogens (tertiary/aromatic N) is 1. The van der Waals surface area contributed by atoms with Gasteiger partial charge < -0.3 is 10.4 Å². The second-order valence-electron chi connectivity index (χ2n) is 3.68. The van der Waals surface area contributed by atoms with E-state index in [9.17, 15) is 4.79 Å². The Labute approximate surface area is 98.5 Å². The van der Waals surface area contributed by atoms with Crippen molar-refractivity contribution < 1.29 is 9.90 Å². The Morgan fingerprint density at radius 2 is 2.24 bits per heavy atom. The van der Waals surface area contributed by atoms with Crippen molar-refractivity contribution in [3.05, 3.63) is 47.3 Å². The second-order valence-corrected chi connectivity index (χ2v) is 3.68. The van der Waals surface area contributed by atoms with Crippen LogP contribution in [-0.2, 0) is 6.61 Å². The minimum Gasteiger partial charge on any atom is -0.392 e. The number of aryl methyl sites for hydroxylation is 1. The van der Waals surface area contributed by atoms with Gasteiger partial charge >= 0.3 is 0 Å². The fourth-order valence-corrected chi connectivity index (χ4v) is 1.55. The van der Waals surface area contributed by atoms with Crippen molar-refractivity contribution in [2.45, 2.75) is 13.5 Å². The molecule has 5 nitrogen and oxygen atoms in total. The molecular formula is C12H13N3O2. The SMILES string of the molecule is Cc1[nH]ncc1C(=O)Nc1ccccc1CO. The topological polar surface area (TPSA) is 78.0 Å². The summed E-state index contributed by atoms with van der Waals surface area (Å²) in [5.41, 5.74) is 2.50. The van der Waals surface area contributed by atoms with Gasteiger partial charge in [-0.1, -0.05) is 18.2 Å². The van der Waals surface area contributed by atoms with E-state index in [4.69, 9.17) is 5.11 Å². The first-order chi connectivity index (χ1) is 8.22. The van der Waals surface area contributed by atoms with Crippen LogP contribution < -0.4 is 5.32 Å². The summed E-state index contributed by atoms with van der Waals surface area (Å²) in [7, 11) is 0. The zero-order valence-electron chi connectivity index (χ0n) is 9.40. The molecule has 5 heteroatoms. The normalized spacial score (nSPS) is 10.2. The van der Waals surface area contributed by atoms with Gasteiger partial charge in [0, 0.05) is 16.9 Å². The molecule has 0 spiro atoms. The van der Waals surface area contributed by atoms with Gasteiger partial charge in [-0.2, -0.15) is 5.10 Å². The third kappa shape index (κ3) is 2.34. The highest BCUT2D eigenvalue weighted by Crippen LogP contribution is 2.16. The molecule has 0 aliphatic rings. The van der Waals surface area contributed by atoms with Crippen LogP contribution in [0.1, 0.15) is 21.6 Å². The summed E-state index contributed by atoms with van der Waals surface area (Å²) in [4.78, 5) is 11.9. The number of aromatic amines is 1. The van der Waals surface area contributed by atoms with Crippen LogP contribution in [-0.4, -0.2) is 21.2 Å². The number of hydrogen-bond acceptors (Lipinski definition) is 3. The molecule has 0 unspecified atom stereocenters. The van der Waals surface area contributed by atoms with E-state index < -0.39 is 0 Å². The highest BCUT2D eigenvalue weighted by Gasteiger charge is 2.12. The van der Waals surface area contributed by atoms with Gasteiger partial charge in [-0.05, 0) is 13.0 Å². The third-order valence-corrected chi connectivity index (χ3v) is 2.51. The lowest BCUT2D eigenvalue weighted by atomic mass is 10.1. The Morgan fingerprint density at radius 3 is 2.88 bits per heavy atom. The molecular weight excluding hydrogens is 218 g/mol. The lowest BCUT2D eigenvalue weighted by molar-refractivity contribution is 0.102. The number of benzene rings is 1. The van der Waals surface area contributed by atoms with E-state index in [1.807, 2.05) is 6.07 Å². The number of carbonyl (C=O) groups is 1. The third-order valence-electron chi connectivity index (χ3n) is 2.51. The Bertz CT molecular complexity index is 534. The van der Waals surface area contributed by atoms with Crippen LogP contribution in [0.25, 0.3) is 0 Å². The van der Waals surface area contributed by atoms with Crippen LogP contribution in [0.5, 0.6) is 0 Å². The average molecular weight is 231 g/mol. The summed E-state index contributed by atoms with van der Waals surface area (Å²) in [5, 5.41) is 18.4. The Morgan fingerprint density at radius 1 is 1.47 bits per heavy atom. The largest absolute Gasteiger partial charge is 0.392 e. The fraction of sp³-hybridized carbons (Fsp3) is 0.167. The van der Waals surface area contributed by atoms with Gasteiger partial charge in [0.2, 0.25) is 0 Å². The monoisotopic (exact) mass is 231 g/mol. The lowest BCUT2D eigenvalue weighted by Gasteiger charge is -2.08. The van der Waals surface area contributed by atoms with E-state index in [0.717, 1.165) is 0 Å². The molecule has 1 aromatic heterocycles. The number of aliphatic hydroxyl groups excluding tert-OH is 1. The van der Waals surface area contributed by atoms with Crippen LogP contribution in [0.4, 0.5) is 5.69 Å². The predicted molar refractivity (Wildman–Crippen MR) is 63.6 cm³/mol. The number of hydrogen-bond donors (Lipinski definition) is 3. The summed E-state index contributed by atoms with van der Waals surface area (Å²) >= 11 is 0. The molecule has 17 heavy (non-hydrogen) atoms.